The van der Waals surface area contributed by atoms with Gasteiger partial charge in [0.25, 0.3) is 0 Å². The summed E-state index contributed by atoms with van der Waals surface area (Å²) in [7, 11) is 0. The topological polar surface area (TPSA) is 110 Å². The largest absolute Gasteiger partial charge is 0.397 e. The first kappa shape index (κ1) is 18.1. The van der Waals surface area contributed by atoms with Crippen molar-refractivity contribution in [3.8, 4) is 10.7 Å². The Labute approximate surface area is 166 Å². The van der Waals surface area contributed by atoms with Gasteiger partial charge in [-0.1, -0.05) is 26.0 Å². The van der Waals surface area contributed by atoms with E-state index in [2.05, 4.69) is 20.5 Å². The van der Waals surface area contributed by atoms with Crippen LogP contribution in [0.5, 0.6) is 0 Å². The van der Waals surface area contributed by atoms with Crippen molar-refractivity contribution in [2.75, 3.05) is 11.1 Å². The third-order valence-electron chi connectivity index (χ3n) is 4.38. The summed E-state index contributed by atoms with van der Waals surface area (Å²) in [5.41, 5.74) is 8.99. The van der Waals surface area contributed by atoms with E-state index in [-0.39, 0.29) is 11.7 Å². The number of nitrogen functional groups attached to an aromatic ring is 1. The molecule has 4 aromatic rings. The van der Waals surface area contributed by atoms with Crippen LogP contribution >= 0.6 is 11.3 Å². The van der Waals surface area contributed by atoms with Gasteiger partial charge in [0.15, 0.2) is 17.4 Å². The Kier molecular flexibility index (Phi) is 4.56. The molecule has 0 fully saturated rings. The van der Waals surface area contributed by atoms with Crippen LogP contribution in [0.25, 0.3) is 21.6 Å². The number of para-hydroxylation sites is 1. The van der Waals surface area contributed by atoms with Crippen LogP contribution in [0.3, 0.4) is 0 Å². The van der Waals surface area contributed by atoms with Gasteiger partial charge in [-0.3, -0.25) is 9.89 Å². The number of thiophene rings is 1. The SMILES string of the molecule is Cc1cc(Nc2nc(-c3scc(C(=O)C(C)C)c3N)nc3ccccc23)n[nH]1. The molecule has 28 heavy (non-hydrogen) atoms. The number of nitrogens with two attached hydrogens (primary N) is 1. The Morgan fingerprint density at radius 1 is 1.25 bits per heavy atom. The van der Waals surface area contributed by atoms with E-state index in [1.165, 1.54) is 11.3 Å². The van der Waals surface area contributed by atoms with Crippen LogP contribution < -0.4 is 11.1 Å². The van der Waals surface area contributed by atoms with Crippen LogP contribution in [-0.2, 0) is 0 Å². The zero-order valence-electron chi connectivity index (χ0n) is 15.8. The predicted molar refractivity (Wildman–Crippen MR) is 113 cm³/mol. The fourth-order valence-corrected chi connectivity index (χ4v) is 3.83. The lowest BCUT2D eigenvalue weighted by Crippen LogP contribution is -2.08. The average Bonchev–Trinajstić information content (AvgIpc) is 3.26. The van der Waals surface area contributed by atoms with Gasteiger partial charge in [-0.15, -0.1) is 11.3 Å². The highest BCUT2D eigenvalue weighted by Gasteiger charge is 2.21. The van der Waals surface area contributed by atoms with Crippen LogP contribution in [0.4, 0.5) is 17.3 Å². The normalized spacial score (nSPS) is 11.3. The van der Waals surface area contributed by atoms with E-state index in [1.807, 2.05) is 51.1 Å². The molecule has 7 nitrogen and oxygen atoms in total. The summed E-state index contributed by atoms with van der Waals surface area (Å²) < 4.78 is 0. The minimum absolute atomic E-state index is 0.0196. The van der Waals surface area contributed by atoms with Crippen molar-refractivity contribution in [1.29, 1.82) is 0 Å². The maximum absolute atomic E-state index is 12.4. The molecule has 3 aromatic heterocycles. The predicted octanol–water partition coefficient (Wildman–Crippen LogP) is 4.55. The average molecular weight is 392 g/mol. The number of carbonyl (C=O) groups is 1. The third kappa shape index (κ3) is 3.22. The van der Waals surface area contributed by atoms with Gasteiger partial charge in [-0.05, 0) is 19.1 Å². The lowest BCUT2D eigenvalue weighted by Gasteiger charge is -2.09. The molecule has 142 valence electrons. The molecule has 0 bridgehead atoms. The number of hydrogen-bond acceptors (Lipinski definition) is 7. The van der Waals surface area contributed by atoms with Crippen molar-refractivity contribution >= 4 is 45.3 Å². The van der Waals surface area contributed by atoms with Gasteiger partial charge in [0.2, 0.25) is 0 Å². The van der Waals surface area contributed by atoms with Gasteiger partial charge in [0, 0.05) is 28.4 Å². The van der Waals surface area contributed by atoms with Crippen molar-refractivity contribution in [3.05, 3.63) is 47.0 Å². The number of fused-ring (bicyclic) bond motifs is 1. The minimum atomic E-state index is -0.123. The second kappa shape index (κ2) is 7.05. The molecule has 4 rings (SSSR count). The first-order valence-corrected chi connectivity index (χ1v) is 9.79. The van der Waals surface area contributed by atoms with Crippen LogP contribution in [0, 0.1) is 12.8 Å². The van der Waals surface area contributed by atoms with Crippen molar-refractivity contribution in [2.24, 2.45) is 5.92 Å². The highest BCUT2D eigenvalue weighted by Crippen LogP contribution is 2.36. The van der Waals surface area contributed by atoms with Gasteiger partial charge in [-0.2, -0.15) is 5.10 Å². The van der Waals surface area contributed by atoms with E-state index >= 15 is 0 Å². The number of H-pyrrole nitrogens is 1. The molecule has 0 amide bonds. The lowest BCUT2D eigenvalue weighted by atomic mass is 10.0. The highest BCUT2D eigenvalue weighted by atomic mass is 32.1. The molecule has 0 spiro atoms. The second-order valence-corrected chi connectivity index (χ2v) is 7.76. The second-order valence-electron chi connectivity index (χ2n) is 6.89. The Morgan fingerprint density at radius 2 is 2.04 bits per heavy atom. The van der Waals surface area contributed by atoms with Gasteiger partial charge in [0.05, 0.1) is 21.6 Å². The maximum Gasteiger partial charge on any atom is 0.174 e. The first-order chi connectivity index (χ1) is 13.4. The molecule has 0 atom stereocenters. The number of anilines is 3. The summed E-state index contributed by atoms with van der Waals surface area (Å²) in [6.07, 6.45) is 0. The molecule has 0 aliphatic heterocycles. The lowest BCUT2D eigenvalue weighted by molar-refractivity contribution is 0.0941. The molecule has 3 heterocycles. The quantitative estimate of drug-likeness (QED) is 0.430. The molecule has 0 saturated carbocycles. The molecular formula is C20H20N6OS. The highest BCUT2D eigenvalue weighted by molar-refractivity contribution is 7.14. The minimum Gasteiger partial charge on any atom is -0.397 e. The first-order valence-electron chi connectivity index (χ1n) is 8.91. The molecule has 8 heteroatoms. The number of nitrogens with one attached hydrogen (secondary N) is 2. The number of benzene rings is 1. The van der Waals surface area contributed by atoms with E-state index < -0.39 is 0 Å². The van der Waals surface area contributed by atoms with Crippen molar-refractivity contribution in [2.45, 2.75) is 20.8 Å². The molecule has 0 saturated heterocycles. The van der Waals surface area contributed by atoms with Gasteiger partial charge < -0.3 is 11.1 Å². The fraction of sp³-hybridized carbons (Fsp3) is 0.200. The number of Topliss-reactive ketones (excluding diaryl/α,β-unsaturated/α-hetero) is 1. The summed E-state index contributed by atoms with van der Waals surface area (Å²) in [6.45, 7) is 5.65. The number of carbonyl (C=O) groups excluding carboxylic acids is 1. The maximum atomic E-state index is 12.4. The molecule has 0 aliphatic carbocycles. The van der Waals surface area contributed by atoms with E-state index in [4.69, 9.17) is 10.7 Å². The zero-order chi connectivity index (χ0) is 19.8. The molecule has 1 aromatic carbocycles. The Bertz CT molecular complexity index is 1180. The Balaban J connectivity index is 1.83. The van der Waals surface area contributed by atoms with Gasteiger partial charge >= 0.3 is 0 Å². The summed E-state index contributed by atoms with van der Waals surface area (Å²) in [5.74, 6) is 1.69. The van der Waals surface area contributed by atoms with Crippen molar-refractivity contribution < 1.29 is 4.79 Å². The molecule has 0 radical (unpaired) electrons. The Hall–Kier alpha value is -3.26. The molecular weight excluding hydrogens is 372 g/mol. The van der Waals surface area contributed by atoms with Crippen LogP contribution in [0.15, 0.2) is 35.7 Å². The number of rotatable bonds is 5. The van der Waals surface area contributed by atoms with Gasteiger partial charge in [-0.25, -0.2) is 9.97 Å². The number of hydrogen-bond donors (Lipinski definition) is 3. The fourth-order valence-electron chi connectivity index (χ4n) is 2.92. The van der Waals surface area contributed by atoms with E-state index in [9.17, 15) is 4.79 Å². The Morgan fingerprint density at radius 3 is 2.75 bits per heavy atom. The van der Waals surface area contributed by atoms with Crippen molar-refractivity contribution in [3.63, 3.8) is 0 Å². The van der Waals surface area contributed by atoms with Crippen LogP contribution in [0.2, 0.25) is 0 Å². The van der Waals surface area contributed by atoms with Crippen LogP contribution in [-0.4, -0.2) is 25.9 Å². The van der Waals surface area contributed by atoms with E-state index in [1.54, 1.807) is 5.38 Å². The molecule has 0 aliphatic rings. The monoisotopic (exact) mass is 392 g/mol. The summed E-state index contributed by atoms with van der Waals surface area (Å²) >= 11 is 1.38. The molecule has 4 N–H and O–H groups in total. The van der Waals surface area contributed by atoms with Gasteiger partial charge in [0.1, 0.15) is 5.82 Å². The van der Waals surface area contributed by atoms with Crippen LogP contribution in [0.1, 0.15) is 29.9 Å². The number of aromatic nitrogens is 4. The number of aromatic amines is 1. The summed E-state index contributed by atoms with van der Waals surface area (Å²) in [6, 6.07) is 9.63. The summed E-state index contributed by atoms with van der Waals surface area (Å²) in [4.78, 5) is 22.5. The summed E-state index contributed by atoms with van der Waals surface area (Å²) in [5, 5.41) is 13.0. The number of ketones is 1. The third-order valence-corrected chi connectivity index (χ3v) is 5.37. The smallest absolute Gasteiger partial charge is 0.174 e. The molecule has 0 unspecified atom stereocenters. The zero-order valence-corrected chi connectivity index (χ0v) is 16.6. The van der Waals surface area contributed by atoms with Crippen molar-refractivity contribution in [1.82, 2.24) is 20.2 Å². The standard InChI is InChI=1S/C20H20N6OS/c1-10(2)17(27)13-9-28-18(16(13)21)20-22-14-7-5-4-6-12(14)19(24-20)23-15-8-11(3)25-26-15/h4-10H,21H2,1-3H3,(H2,22,23,24,25,26). The van der Waals surface area contributed by atoms with E-state index in [0.29, 0.717) is 33.6 Å². The van der Waals surface area contributed by atoms with E-state index in [0.717, 1.165) is 16.6 Å². The number of nitrogens with zero attached hydrogens (tertiary/aromatic N) is 3. The number of aryl methyl sites for hydroxylation is 1.